The number of hydrogen-bond acceptors (Lipinski definition) is 4. The maximum Gasteiger partial charge on any atom is 2.00 e. The van der Waals surface area contributed by atoms with Crippen molar-refractivity contribution in [3.63, 3.8) is 0 Å². The van der Waals surface area contributed by atoms with Gasteiger partial charge in [-0.15, -0.1) is 0 Å². The van der Waals surface area contributed by atoms with E-state index in [1.54, 1.807) is 0 Å². The van der Waals surface area contributed by atoms with E-state index in [4.69, 9.17) is 17.5 Å². The maximum atomic E-state index is 8.52. The molecule has 0 unspecified atom stereocenters. The van der Waals surface area contributed by atoms with E-state index in [0.717, 1.165) is 0 Å². The molecule has 0 aromatic heterocycles. The van der Waals surface area contributed by atoms with Gasteiger partial charge in [0.15, 0.2) is 0 Å². The van der Waals surface area contributed by atoms with E-state index in [0.29, 0.717) is 0 Å². The second-order valence-corrected chi connectivity index (χ2v) is 1.22. The molecule has 40 valence electrons. The summed E-state index contributed by atoms with van der Waals surface area (Å²) < 4.78 is 34.1. The monoisotopic (exact) mass is 314 g/mol. The van der Waals surface area contributed by atoms with Gasteiger partial charge >= 0.3 is 68.4 Å². The first kappa shape index (κ1) is 22.5. The van der Waals surface area contributed by atoms with Crippen LogP contribution in [0.1, 0.15) is 0 Å². The van der Waals surface area contributed by atoms with Gasteiger partial charge in [-0.2, -0.15) is 0 Å². The van der Waals surface area contributed by atoms with Crippen molar-refractivity contribution < 1.29 is 42.5 Å². The van der Waals surface area contributed by atoms with Gasteiger partial charge in [0.2, 0.25) is 0 Å². The molecule has 0 atom stereocenters. The van der Waals surface area contributed by atoms with Crippen LogP contribution in [0.25, 0.3) is 0 Å². The van der Waals surface area contributed by atoms with E-state index in [1.807, 2.05) is 0 Å². The molecular weight excluding hydrogens is 315 g/mol. The van der Waals surface area contributed by atoms with Crippen molar-refractivity contribution in [2.75, 3.05) is 0 Å². The van der Waals surface area contributed by atoms with Gasteiger partial charge in [-0.1, -0.05) is 0 Å². The third-order valence-corrected chi connectivity index (χ3v) is 0. The Hall–Kier alpha value is 2.02. The van der Waals surface area contributed by atoms with Gasteiger partial charge in [0.25, 0.3) is 0 Å². The van der Waals surface area contributed by atoms with Crippen LogP contribution in [-0.2, 0) is 35.4 Å². The molecule has 0 aliphatic carbocycles. The summed E-state index contributed by atoms with van der Waals surface area (Å²) >= 11 is 0. The molecular formula is BaO5SZn. The predicted octanol–water partition coefficient (Wildman–Crippen LogP) is -1.84. The summed E-state index contributed by atoms with van der Waals surface area (Å²) in [5, 5.41) is 0. The summed E-state index contributed by atoms with van der Waals surface area (Å²) in [4.78, 5) is 0. The molecule has 0 fully saturated rings. The Bertz CT molecular complexity index is 95.6. The third-order valence-electron chi connectivity index (χ3n) is 0. The molecule has 0 aliphatic rings. The predicted molar refractivity (Wildman–Crippen MR) is 16.9 cm³/mol. The fraction of sp³-hybridized carbons (Fsp3) is 0. The van der Waals surface area contributed by atoms with Crippen LogP contribution >= 0.6 is 0 Å². The standard InChI is InChI=1S/Ba.H2O4S.O.Zn/c;1-5(2,3)4;;/h;(H2,1,2,3,4);;/q+2;;-2;+2/p-2. The van der Waals surface area contributed by atoms with Crippen LogP contribution < -0.4 is 0 Å². The van der Waals surface area contributed by atoms with E-state index in [-0.39, 0.29) is 73.8 Å². The van der Waals surface area contributed by atoms with E-state index >= 15 is 0 Å². The summed E-state index contributed by atoms with van der Waals surface area (Å²) in [7, 11) is -5.17. The molecule has 0 aliphatic heterocycles. The molecule has 0 saturated carbocycles. The van der Waals surface area contributed by atoms with Gasteiger partial charge in [0.1, 0.15) is 0 Å². The van der Waals surface area contributed by atoms with Gasteiger partial charge in [-0.25, -0.2) is 0 Å². The fourth-order valence-corrected chi connectivity index (χ4v) is 0. The zero-order valence-corrected chi connectivity index (χ0v) is 12.1. The van der Waals surface area contributed by atoms with Gasteiger partial charge in [-0.05, 0) is 0 Å². The summed E-state index contributed by atoms with van der Waals surface area (Å²) in [6.45, 7) is 0. The van der Waals surface area contributed by atoms with Gasteiger partial charge in [-0.3, -0.25) is 8.42 Å². The van der Waals surface area contributed by atoms with Crippen molar-refractivity contribution in [2.45, 2.75) is 0 Å². The smallest absolute Gasteiger partial charge is 2.00 e. The number of rotatable bonds is 0. The van der Waals surface area contributed by atoms with Crippen molar-refractivity contribution in [2.24, 2.45) is 0 Å². The molecule has 0 aromatic rings. The fourth-order valence-electron chi connectivity index (χ4n) is 0. The molecule has 8 heavy (non-hydrogen) atoms. The second-order valence-electron chi connectivity index (χ2n) is 0.408. The molecule has 8 heteroatoms. The molecule has 5 nitrogen and oxygen atoms in total. The molecule has 0 aromatic carbocycles. The Kier molecular flexibility index (Phi) is 25.4. The van der Waals surface area contributed by atoms with Crippen molar-refractivity contribution in [1.29, 1.82) is 0 Å². The first-order valence-electron chi connectivity index (χ1n) is 0.667. The maximum absolute atomic E-state index is 8.52. The Morgan fingerprint density at radius 3 is 1.12 bits per heavy atom. The quantitative estimate of drug-likeness (QED) is 0.297. The molecule has 0 bridgehead atoms. The van der Waals surface area contributed by atoms with E-state index in [9.17, 15) is 0 Å². The van der Waals surface area contributed by atoms with Crippen LogP contribution in [0.3, 0.4) is 0 Å². The Balaban J connectivity index is -0.0000000267. The number of hydrogen-bond donors (Lipinski definition) is 0. The second kappa shape index (κ2) is 9.02. The minimum atomic E-state index is -5.17. The van der Waals surface area contributed by atoms with E-state index < -0.39 is 10.4 Å². The van der Waals surface area contributed by atoms with E-state index in [2.05, 4.69) is 0 Å². The van der Waals surface area contributed by atoms with Gasteiger partial charge < -0.3 is 14.6 Å². The molecule has 0 heterocycles. The normalized spacial score (nSPS) is 7.25. The zero-order chi connectivity index (χ0) is 4.50. The summed E-state index contributed by atoms with van der Waals surface area (Å²) in [5.41, 5.74) is 0. The Morgan fingerprint density at radius 1 is 1.12 bits per heavy atom. The first-order chi connectivity index (χ1) is 2.00. The van der Waals surface area contributed by atoms with Crippen LogP contribution in [0.2, 0.25) is 0 Å². The largest absolute Gasteiger partial charge is 2.00 e. The van der Waals surface area contributed by atoms with Crippen LogP contribution in [0.5, 0.6) is 0 Å². The van der Waals surface area contributed by atoms with Crippen LogP contribution in [0.15, 0.2) is 0 Å². The van der Waals surface area contributed by atoms with Crippen LogP contribution in [-0.4, -0.2) is 66.4 Å². The topological polar surface area (TPSA) is 109 Å². The summed E-state index contributed by atoms with van der Waals surface area (Å²) in [6, 6.07) is 0. The average Bonchev–Trinajstić information content (AvgIpc) is 0.722. The Morgan fingerprint density at radius 2 is 1.12 bits per heavy atom. The van der Waals surface area contributed by atoms with Crippen molar-refractivity contribution >= 4 is 59.3 Å². The van der Waals surface area contributed by atoms with Gasteiger partial charge in [0.05, 0.1) is 0 Å². The zero-order valence-electron chi connectivity index (χ0n) is 3.86. The first-order valence-corrected chi connectivity index (χ1v) is 2.00. The van der Waals surface area contributed by atoms with Crippen LogP contribution in [0, 0.1) is 0 Å². The summed E-state index contributed by atoms with van der Waals surface area (Å²) in [6.07, 6.45) is 0. The SMILES string of the molecule is O=S(=O)([O-])[O-].[Ba+2].[O-2].[Zn+2]. The van der Waals surface area contributed by atoms with Crippen molar-refractivity contribution in [3.8, 4) is 0 Å². The third kappa shape index (κ3) is 96.6. The van der Waals surface area contributed by atoms with E-state index in [1.165, 1.54) is 0 Å². The van der Waals surface area contributed by atoms with Crippen molar-refractivity contribution in [3.05, 3.63) is 0 Å². The molecule has 0 saturated heterocycles. The van der Waals surface area contributed by atoms with Gasteiger partial charge in [0, 0.05) is 10.4 Å². The summed E-state index contributed by atoms with van der Waals surface area (Å²) in [5.74, 6) is 0. The minimum Gasteiger partial charge on any atom is -2.00 e. The molecule has 0 N–H and O–H groups in total. The molecule has 0 amide bonds. The molecule has 0 radical (unpaired) electrons. The molecule has 0 rings (SSSR count). The Labute approximate surface area is 99.9 Å². The minimum absolute atomic E-state index is 0. The van der Waals surface area contributed by atoms with Crippen LogP contribution in [0.4, 0.5) is 0 Å². The molecule has 0 spiro atoms. The average molecular weight is 315 g/mol. The van der Waals surface area contributed by atoms with Crippen molar-refractivity contribution in [1.82, 2.24) is 0 Å².